The van der Waals surface area contributed by atoms with Crippen LogP contribution in [0.3, 0.4) is 0 Å². The van der Waals surface area contributed by atoms with Gasteiger partial charge in [0.2, 0.25) is 0 Å². The molecule has 6 nitrogen and oxygen atoms in total. The molecule has 0 aliphatic carbocycles. The van der Waals surface area contributed by atoms with Gasteiger partial charge in [0.1, 0.15) is 11.2 Å². The Kier molecular flexibility index (Phi) is 6.18. The van der Waals surface area contributed by atoms with Gasteiger partial charge in [-0.3, -0.25) is 9.89 Å². The number of rotatable bonds is 7. The van der Waals surface area contributed by atoms with Crippen molar-refractivity contribution in [3.63, 3.8) is 0 Å². The number of nitrogens with zero attached hydrogens (tertiary/aromatic N) is 1. The number of terminal acetylenes is 1. The van der Waals surface area contributed by atoms with E-state index in [2.05, 4.69) is 21.4 Å². The summed E-state index contributed by atoms with van der Waals surface area (Å²) in [6.07, 6.45) is 6.70. The summed E-state index contributed by atoms with van der Waals surface area (Å²) in [6, 6.07) is 9.36. The van der Waals surface area contributed by atoms with Crippen LogP contribution in [-0.2, 0) is 9.53 Å². The van der Waals surface area contributed by atoms with Crippen LogP contribution in [0, 0.1) is 19.3 Å². The second kappa shape index (κ2) is 8.34. The molecule has 0 saturated carbocycles. The molecule has 0 unspecified atom stereocenters. The van der Waals surface area contributed by atoms with E-state index in [0.717, 1.165) is 11.1 Å². The predicted molar refractivity (Wildman–Crippen MR) is 99.3 cm³/mol. The lowest BCUT2D eigenvalue weighted by atomic mass is 9.94. The number of H-pyrrole nitrogens is 1. The number of ether oxygens (including phenoxy) is 1. The number of aromatic nitrogens is 2. The summed E-state index contributed by atoms with van der Waals surface area (Å²) < 4.78 is 5.05. The molecule has 0 spiro atoms. The fraction of sp³-hybridized carbons (Fsp3) is 0.350. The molecule has 0 aliphatic rings. The lowest BCUT2D eigenvalue weighted by molar-refractivity contribution is -0.125. The monoisotopic (exact) mass is 353 g/mol. The largest absolute Gasteiger partial charge is 0.451 e. The van der Waals surface area contributed by atoms with Gasteiger partial charge >= 0.3 is 5.97 Å². The highest BCUT2D eigenvalue weighted by atomic mass is 16.5. The fourth-order valence-electron chi connectivity index (χ4n) is 2.48. The van der Waals surface area contributed by atoms with Crippen molar-refractivity contribution in [2.75, 3.05) is 6.61 Å². The molecule has 2 N–H and O–H groups in total. The number of carbonyl (C=O) groups is 2. The molecular weight excluding hydrogens is 330 g/mol. The second-order valence-electron chi connectivity index (χ2n) is 6.09. The summed E-state index contributed by atoms with van der Waals surface area (Å²) >= 11 is 0. The average Bonchev–Trinajstić information content (AvgIpc) is 3.15. The van der Waals surface area contributed by atoms with Crippen LogP contribution < -0.4 is 5.32 Å². The molecule has 136 valence electrons. The van der Waals surface area contributed by atoms with Crippen molar-refractivity contribution < 1.29 is 14.3 Å². The molecule has 6 heteroatoms. The quantitative estimate of drug-likeness (QED) is 0.592. The van der Waals surface area contributed by atoms with Gasteiger partial charge in [0.05, 0.1) is 5.69 Å². The summed E-state index contributed by atoms with van der Waals surface area (Å²) in [5.74, 6) is 1.52. The van der Waals surface area contributed by atoms with Gasteiger partial charge in [-0.05, 0) is 25.8 Å². The van der Waals surface area contributed by atoms with Crippen molar-refractivity contribution in [3.8, 4) is 23.6 Å². The normalized spacial score (nSPS) is 10.8. The van der Waals surface area contributed by atoms with E-state index >= 15 is 0 Å². The summed E-state index contributed by atoms with van der Waals surface area (Å²) in [7, 11) is 0. The maximum absolute atomic E-state index is 12.1. The van der Waals surface area contributed by atoms with Crippen molar-refractivity contribution in [2.24, 2.45) is 0 Å². The van der Waals surface area contributed by atoms with Crippen LogP contribution >= 0.6 is 0 Å². The molecule has 1 aromatic carbocycles. The summed E-state index contributed by atoms with van der Waals surface area (Å²) in [4.78, 5) is 24.1. The molecule has 2 aromatic rings. The molecule has 0 bridgehead atoms. The Balaban J connectivity index is 1.95. The van der Waals surface area contributed by atoms with E-state index in [1.165, 1.54) is 0 Å². The first kappa shape index (κ1) is 19.3. The summed E-state index contributed by atoms with van der Waals surface area (Å²) in [5.41, 5.74) is 2.12. The summed E-state index contributed by atoms with van der Waals surface area (Å²) in [6.45, 7) is 5.38. The molecule has 0 radical (unpaired) electrons. The minimum Gasteiger partial charge on any atom is -0.451 e. The molecule has 26 heavy (non-hydrogen) atoms. The van der Waals surface area contributed by atoms with E-state index in [1.54, 1.807) is 6.07 Å². The van der Waals surface area contributed by atoms with Gasteiger partial charge in [0, 0.05) is 5.56 Å². The lowest BCUT2D eigenvalue weighted by Crippen LogP contribution is -2.48. The molecule has 0 saturated heterocycles. The van der Waals surface area contributed by atoms with Gasteiger partial charge in [-0.25, -0.2) is 4.79 Å². The van der Waals surface area contributed by atoms with Gasteiger partial charge in [-0.1, -0.05) is 49.6 Å². The van der Waals surface area contributed by atoms with Crippen LogP contribution in [0.15, 0.2) is 30.3 Å². The number of aromatic amines is 1. The minimum absolute atomic E-state index is 0.183. The van der Waals surface area contributed by atoms with Crippen molar-refractivity contribution in [1.29, 1.82) is 0 Å². The number of benzene rings is 1. The SMILES string of the molecule is C#CC(CC)(CC)NC(=O)COC(=O)c1cc(-c2ccc(C)cc2)n[nH]1. The number of aryl methyl sites for hydroxylation is 1. The third-order valence-electron chi connectivity index (χ3n) is 4.34. The standard InChI is InChI=1S/C20H23N3O3/c1-5-20(6-2,7-3)21-18(24)13-26-19(25)17-12-16(22-23-17)15-10-8-14(4)9-11-15/h1,8-12H,6-7,13H2,2-4H3,(H,21,24)(H,22,23). The van der Waals surface area contributed by atoms with Crippen LogP contribution in [0.4, 0.5) is 0 Å². The number of carbonyl (C=O) groups excluding carboxylic acids is 2. The first-order valence-corrected chi connectivity index (χ1v) is 8.51. The topological polar surface area (TPSA) is 84.1 Å². The zero-order valence-electron chi connectivity index (χ0n) is 15.3. The zero-order chi connectivity index (χ0) is 19.2. The van der Waals surface area contributed by atoms with E-state index in [0.29, 0.717) is 18.5 Å². The highest BCUT2D eigenvalue weighted by Gasteiger charge is 2.26. The van der Waals surface area contributed by atoms with Crippen molar-refractivity contribution in [2.45, 2.75) is 39.2 Å². The van der Waals surface area contributed by atoms with E-state index in [1.807, 2.05) is 45.0 Å². The maximum atomic E-state index is 12.1. The molecule has 0 aliphatic heterocycles. The molecule has 1 heterocycles. The first-order valence-electron chi connectivity index (χ1n) is 8.51. The highest BCUT2D eigenvalue weighted by Crippen LogP contribution is 2.18. The Bertz CT molecular complexity index is 812. The van der Waals surface area contributed by atoms with Crippen LogP contribution in [0.5, 0.6) is 0 Å². The van der Waals surface area contributed by atoms with E-state index in [4.69, 9.17) is 11.2 Å². The van der Waals surface area contributed by atoms with E-state index < -0.39 is 24.0 Å². The number of esters is 1. The van der Waals surface area contributed by atoms with E-state index in [-0.39, 0.29) is 5.69 Å². The number of hydrogen-bond donors (Lipinski definition) is 2. The average molecular weight is 353 g/mol. The minimum atomic E-state index is -0.712. The fourth-order valence-corrected chi connectivity index (χ4v) is 2.48. The Morgan fingerprint density at radius 1 is 1.27 bits per heavy atom. The van der Waals surface area contributed by atoms with Crippen LogP contribution in [0.2, 0.25) is 0 Å². The van der Waals surface area contributed by atoms with Gasteiger partial charge in [-0.15, -0.1) is 6.42 Å². The third kappa shape index (κ3) is 4.51. The van der Waals surface area contributed by atoms with Crippen molar-refractivity contribution in [3.05, 3.63) is 41.6 Å². The zero-order valence-corrected chi connectivity index (χ0v) is 15.3. The summed E-state index contributed by atoms with van der Waals surface area (Å²) in [5, 5.41) is 9.49. The van der Waals surface area contributed by atoms with Crippen molar-refractivity contribution >= 4 is 11.9 Å². The van der Waals surface area contributed by atoms with Gasteiger partial charge < -0.3 is 10.1 Å². The smallest absolute Gasteiger partial charge is 0.356 e. The van der Waals surface area contributed by atoms with Crippen LogP contribution in [0.25, 0.3) is 11.3 Å². The Morgan fingerprint density at radius 2 is 1.92 bits per heavy atom. The van der Waals surface area contributed by atoms with Gasteiger partial charge in [0.25, 0.3) is 5.91 Å². The Hall–Kier alpha value is -3.07. The molecular formula is C20H23N3O3. The molecule has 0 fully saturated rings. The van der Waals surface area contributed by atoms with Gasteiger partial charge in [0.15, 0.2) is 6.61 Å². The first-order chi connectivity index (χ1) is 12.4. The van der Waals surface area contributed by atoms with Crippen molar-refractivity contribution in [1.82, 2.24) is 15.5 Å². The molecule has 1 amide bonds. The molecule has 2 rings (SSSR count). The molecule has 0 atom stereocenters. The number of nitrogens with one attached hydrogen (secondary N) is 2. The highest BCUT2D eigenvalue weighted by molar-refractivity contribution is 5.90. The van der Waals surface area contributed by atoms with Crippen LogP contribution in [-0.4, -0.2) is 34.2 Å². The molecule has 1 aromatic heterocycles. The second-order valence-corrected chi connectivity index (χ2v) is 6.09. The number of hydrogen-bond acceptors (Lipinski definition) is 4. The van der Waals surface area contributed by atoms with Gasteiger partial charge in [-0.2, -0.15) is 5.10 Å². The third-order valence-corrected chi connectivity index (χ3v) is 4.34. The van der Waals surface area contributed by atoms with Crippen LogP contribution in [0.1, 0.15) is 42.7 Å². The maximum Gasteiger partial charge on any atom is 0.356 e. The predicted octanol–water partition coefficient (Wildman–Crippen LogP) is 2.85. The Morgan fingerprint density at radius 3 is 2.50 bits per heavy atom. The lowest BCUT2D eigenvalue weighted by Gasteiger charge is -2.26. The Labute approximate surface area is 153 Å². The number of amides is 1. The van der Waals surface area contributed by atoms with E-state index in [9.17, 15) is 9.59 Å².